The molecule has 0 aliphatic carbocycles. The van der Waals surface area contributed by atoms with E-state index in [4.69, 9.17) is 0 Å². The van der Waals surface area contributed by atoms with E-state index in [2.05, 4.69) is 21.9 Å². The highest BCUT2D eigenvalue weighted by Crippen LogP contribution is 2.12. The van der Waals surface area contributed by atoms with Crippen molar-refractivity contribution < 1.29 is 8.42 Å². The van der Waals surface area contributed by atoms with Crippen LogP contribution in [0.3, 0.4) is 0 Å². The molecule has 2 rings (SSSR count). The maximum absolute atomic E-state index is 12.1. The predicted molar refractivity (Wildman–Crippen MR) is 68.8 cm³/mol. The molecule has 1 aromatic heterocycles. The van der Waals surface area contributed by atoms with Crippen molar-refractivity contribution in [2.24, 2.45) is 7.05 Å². The topological polar surface area (TPSA) is 76.0 Å². The number of hydrogen-bond acceptors (Lipinski definition) is 4. The van der Waals surface area contributed by atoms with Crippen molar-refractivity contribution >= 4 is 10.0 Å². The average Bonchev–Trinajstić information content (AvgIpc) is 2.63. The van der Waals surface area contributed by atoms with E-state index in [0.29, 0.717) is 18.4 Å². The van der Waals surface area contributed by atoms with Gasteiger partial charge in [0, 0.05) is 31.9 Å². The van der Waals surface area contributed by atoms with Gasteiger partial charge in [0.1, 0.15) is 5.82 Å². The number of rotatable bonds is 3. The number of hydrogen-bond donors (Lipinski definition) is 2. The van der Waals surface area contributed by atoms with Gasteiger partial charge in [-0.3, -0.25) is 0 Å². The number of piperidine rings is 1. The third-order valence-electron chi connectivity index (χ3n) is 3.34. The van der Waals surface area contributed by atoms with Crippen molar-refractivity contribution in [1.82, 2.24) is 19.6 Å². The second-order valence-corrected chi connectivity index (χ2v) is 6.60. The molecule has 0 radical (unpaired) electrons. The Hall–Kier alpha value is -0.920. The maximum Gasteiger partial charge on any atom is 0.259 e. The molecule has 0 saturated carbocycles. The predicted octanol–water partition coefficient (Wildman–Crippen LogP) is 0.147. The summed E-state index contributed by atoms with van der Waals surface area (Å²) >= 11 is 0. The summed E-state index contributed by atoms with van der Waals surface area (Å²) in [5.74, 6) is 0.686. The van der Waals surface area contributed by atoms with Crippen LogP contribution in [0, 0.1) is 6.92 Å². The van der Waals surface area contributed by atoms with Crippen molar-refractivity contribution in [3.8, 4) is 0 Å². The van der Waals surface area contributed by atoms with Crippen LogP contribution in [-0.2, 0) is 17.1 Å². The third-order valence-corrected chi connectivity index (χ3v) is 4.74. The SMILES string of the molecule is Cc1nc(S(=O)(=O)NC2CCC(C)NC2)cn1C. The fraction of sp³-hybridized carbons (Fsp3) is 0.727. The lowest BCUT2D eigenvalue weighted by molar-refractivity contribution is 0.366. The Balaban J connectivity index is 2.08. The van der Waals surface area contributed by atoms with Gasteiger partial charge in [-0.25, -0.2) is 18.1 Å². The van der Waals surface area contributed by atoms with Crippen LogP contribution in [-0.4, -0.2) is 36.6 Å². The first-order valence-corrected chi connectivity index (χ1v) is 7.62. The van der Waals surface area contributed by atoms with Gasteiger partial charge in [0.05, 0.1) is 0 Å². The number of aryl methyl sites for hydroxylation is 2. The van der Waals surface area contributed by atoms with E-state index in [0.717, 1.165) is 12.8 Å². The zero-order valence-electron chi connectivity index (χ0n) is 11.0. The Morgan fingerprint density at radius 3 is 2.72 bits per heavy atom. The minimum Gasteiger partial charge on any atom is -0.337 e. The minimum absolute atomic E-state index is 0.0477. The van der Waals surface area contributed by atoms with Crippen LogP contribution in [0.5, 0.6) is 0 Å². The normalized spacial score (nSPS) is 25.3. The van der Waals surface area contributed by atoms with E-state index < -0.39 is 10.0 Å². The molecule has 102 valence electrons. The largest absolute Gasteiger partial charge is 0.337 e. The summed E-state index contributed by atoms with van der Waals surface area (Å²) in [7, 11) is -1.72. The number of sulfonamides is 1. The molecule has 2 heterocycles. The molecule has 1 fully saturated rings. The van der Waals surface area contributed by atoms with Crippen LogP contribution in [0.2, 0.25) is 0 Å². The zero-order valence-corrected chi connectivity index (χ0v) is 11.8. The first-order valence-electron chi connectivity index (χ1n) is 6.14. The van der Waals surface area contributed by atoms with Crippen LogP contribution in [0.15, 0.2) is 11.2 Å². The average molecular weight is 272 g/mol. The monoisotopic (exact) mass is 272 g/mol. The highest BCUT2D eigenvalue weighted by molar-refractivity contribution is 7.89. The van der Waals surface area contributed by atoms with Crippen molar-refractivity contribution in [2.75, 3.05) is 6.54 Å². The Labute approximate surface area is 108 Å². The van der Waals surface area contributed by atoms with Gasteiger partial charge >= 0.3 is 0 Å². The zero-order chi connectivity index (χ0) is 13.3. The summed E-state index contributed by atoms with van der Waals surface area (Å²) in [5.41, 5.74) is 0. The number of nitrogens with one attached hydrogen (secondary N) is 2. The first kappa shape index (κ1) is 13.5. The summed E-state index contributed by atoms with van der Waals surface area (Å²) in [5, 5.41) is 3.37. The minimum atomic E-state index is -3.50. The van der Waals surface area contributed by atoms with E-state index in [1.165, 1.54) is 6.20 Å². The summed E-state index contributed by atoms with van der Waals surface area (Å²) in [4.78, 5) is 4.05. The van der Waals surface area contributed by atoms with E-state index >= 15 is 0 Å². The van der Waals surface area contributed by atoms with Gasteiger partial charge in [-0.2, -0.15) is 0 Å². The van der Waals surface area contributed by atoms with Crippen LogP contribution < -0.4 is 10.0 Å². The Bertz CT molecular complexity index is 496. The molecule has 0 spiro atoms. The molecule has 1 aliphatic rings. The summed E-state index contributed by atoms with van der Waals surface area (Å²) < 4.78 is 28.7. The standard InChI is InChI=1S/C11H20N4O2S/c1-8-4-5-10(6-12-8)14-18(16,17)11-7-15(3)9(2)13-11/h7-8,10,12,14H,4-6H2,1-3H3. The van der Waals surface area contributed by atoms with Gasteiger partial charge in [0.15, 0.2) is 5.03 Å². The molecule has 0 bridgehead atoms. The van der Waals surface area contributed by atoms with Crippen LogP contribution in [0.1, 0.15) is 25.6 Å². The second-order valence-electron chi connectivity index (χ2n) is 4.94. The lowest BCUT2D eigenvalue weighted by Crippen LogP contribution is -2.48. The first-order chi connectivity index (χ1) is 8.38. The molecule has 1 aliphatic heterocycles. The molecule has 18 heavy (non-hydrogen) atoms. The molecule has 0 aromatic carbocycles. The molecule has 0 amide bonds. The number of aromatic nitrogens is 2. The van der Waals surface area contributed by atoms with Gasteiger partial charge in [-0.15, -0.1) is 0 Å². The van der Waals surface area contributed by atoms with Crippen molar-refractivity contribution in [3.05, 3.63) is 12.0 Å². The fourth-order valence-electron chi connectivity index (χ4n) is 2.03. The summed E-state index contributed by atoms with van der Waals surface area (Å²) in [6, 6.07) is 0.413. The molecule has 2 atom stereocenters. The highest BCUT2D eigenvalue weighted by Gasteiger charge is 2.25. The van der Waals surface area contributed by atoms with E-state index in [1.807, 2.05) is 0 Å². The fourth-order valence-corrected chi connectivity index (χ4v) is 3.34. The van der Waals surface area contributed by atoms with Crippen molar-refractivity contribution in [3.63, 3.8) is 0 Å². The lowest BCUT2D eigenvalue weighted by Gasteiger charge is -2.27. The highest BCUT2D eigenvalue weighted by atomic mass is 32.2. The van der Waals surface area contributed by atoms with Gasteiger partial charge in [-0.05, 0) is 26.7 Å². The van der Waals surface area contributed by atoms with E-state index in [1.54, 1.807) is 18.5 Å². The van der Waals surface area contributed by atoms with E-state index in [-0.39, 0.29) is 11.1 Å². The van der Waals surface area contributed by atoms with Gasteiger partial charge in [-0.1, -0.05) is 0 Å². The second kappa shape index (κ2) is 4.99. The number of nitrogens with zero attached hydrogens (tertiary/aromatic N) is 2. The molecule has 1 saturated heterocycles. The molecule has 2 unspecified atom stereocenters. The van der Waals surface area contributed by atoms with Crippen molar-refractivity contribution in [1.29, 1.82) is 0 Å². The summed E-state index contributed by atoms with van der Waals surface area (Å²) in [6.07, 6.45) is 3.38. The quantitative estimate of drug-likeness (QED) is 0.821. The summed E-state index contributed by atoms with van der Waals surface area (Å²) in [6.45, 7) is 4.56. The number of imidazole rings is 1. The molecular formula is C11H20N4O2S. The van der Waals surface area contributed by atoms with Crippen molar-refractivity contribution in [2.45, 2.75) is 43.8 Å². The van der Waals surface area contributed by atoms with Gasteiger partial charge in [0.25, 0.3) is 10.0 Å². The smallest absolute Gasteiger partial charge is 0.259 e. The van der Waals surface area contributed by atoms with Gasteiger partial charge in [0.2, 0.25) is 0 Å². The lowest BCUT2D eigenvalue weighted by atomic mass is 10.0. The molecule has 7 heteroatoms. The Kier molecular flexibility index (Phi) is 3.74. The van der Waals surface area contributed by atoms with E-state index in [9.17, 15) is 8.42 Å². The molecule has 6 nitrogen and oxygen atoms in total. The molecule has 2 N–H and O–H groups in total. The van der Waals surface area contributed by atoms with Crippen LogP contribution in [0.25, 0.3) is 0 Å². The van der Waals surface area contributed by atoms with Gasteiger partial charge < -0.3 is 9.88 Å². The Morgan fingerprint density at radius 2 is 2.22 bits per heavy atom. The van der Waals surface area contributed by atoms with Crippen LogP contribution >= 0.6 is 0 Å². The van der Waals surface area contributed by atoms with Crippen LogP contribution in [0.4, 0.5) is 0 Å². The third kappa shape index (κ3) is 2.90. The molecule has 1 aromatic rings. The Morgan fingerprint density at radius 1 is 1.50 bits per heavy atom. The maximum atomic E-state index is 12.1. The molecular weight excluding hydrogens is 252 g/mol.